The molecule has 0 aliphatic carbocycles. The second-order valence-electron chi connectivity index (χ2n) is 3.36. The Bertz CT molecular complexity index is 499. The number of halogens is 2. The summed E-state index contributed by atoms with van der Waals surface area (Å²) < 4.78 is 0. The second-order valence-corrected chi connectivity index (χ2v) is 4.98. The minimum Gasteiger partial charge on any atom is -0.506 e. The van der Waals surface area contributed by atoms with Crippen LogP contribution in [-0.4, -0.2) is 5.11 Å². The van der Waals surface area contributed by atoms with Crippen LogP contribution in [0.4, 0.5) is 0 Å². The summed E-state index contributed by atoms with van der Waals surface area (Å²) in [5.41, 5.74) is 7.50. The molecule has 3 N–H and O–H groups in total. The number of benzene rings is 1. The number of nitrogens with two attached hydrogens (primary N) is 1. The molecule has 0 fully saturated rings. The van der Waals surface area contributed by atoms with E-state index in [9.17, 15) is 5.11 Å². The van der Waals surface area contributed by atoms with Crippen LogP contribution in [-0.2, 0) is 0 Å². The largest absolute Gasteiger partial charge is 0.506 e. The lowest BCUT2D eigenvalue weighted by molar-refractivity contribution is 0.465. The summed E-state index contributed by atoms with van der Waals surface area (Å²) >= 11 is 13.3. The van der Waals surface area contributed by atoms with Gasteiger partial charge in [0.2, 0.25) is 0 Å². The number of hydrogen-bond acceptors (Lipinski definition) is 3. The Morgan fingerprint density at radius 3 is 2.69 bits per heavy atom. The van der Waals surface area contributed by atoms with Crippen LogP contribution in [0.2, 0.25) is 10.0 Å². The predicted molar refractivity (Wildman–Crippen MR) is 68.5 cm³/mol. The van der Waals surface area contributed by atoms with E-state index in [0.717, 1.165) is 5.56 Å². The topological polar surface area (TPSA) is 46.2 Å². The summed E-state index contributed by atoms with van der Waals surface area (Å²) in [6.45, 7) is 0. The van der Waals surface area contributed by atoms with Crippen LogP contribution >= 0.6 is 34.5 Å². The van der Waals surface area contributed by atoms with Crippen molar-refractivity contribution in [2.24, 2.45) is 5.73 Å². The quantitative estimate of drug-likeness (QED) is 0.874. The summed E-state index contributed by atoms with van der Waals surface area (Å²) in [5.74, 6) is -0.00948. The third-order valence-corrected chi connectivity index (χ3v) is 3.50. The fraction of sp³-hybridized carbons (Fsp3) is 0.0909. The number of phenolic OH excluding ortho intramolecular Hbond substituents is 1. The van der Waals surface area contributed by atoms with Gasteiger partial charge in [0.1, 0.15) is 5.75 Å². The van der Waals surface area contributed by atoms with Crippen molar-refractivity contribution in [2.75, 3.05) is 0 Å². The molecule has 0 aliphatic heterocycles. The Balaban J connectivity index is 2.48. The molecule has 1 heterocycles. The van der Waals surface area contributed by atoms with E-state index in [1.807, 2.05) is 16.8 Å². The highest BCUT2D eigenvalue weighted by atomic mass is 35.5. The fourth-order valence-electron chi connectivity index (χ4n) is 1.45. The highest BCUT2D eigenvalue weighted by Gasteiger charge is 2.16. The lowest BCUT2D eigenvalue weighted by Gasteiger charge is -2.13. The van der Waals surface area contributed by atoms with E-state index in [1.165, 1.54) is 6.07 Å². The lowest BCUT2D eigenvalue weighted by Crippen LogP contribution is -2.11. The maximum atomic E-state index is 9.82. The van der Waals surface area contributed by atoms with E-state index >= 15 is 0 Å². The van der Waals surface area contributed by atoms with Gasteiger partial charge in [-0.05, 0) is 34.5 Å². The van der Waals surface area contributed by atoms with Crippen LogP contribution in [0.25, 0.3) is 0 Å². The van der Waals surface area contributed by atoms with Crippen LogP contribution in [0.5, 0.6) is 5.75 Å². The van der Waals surface area contributed by atoms with E-state index in [2.05, 4.69) is 0 Å². The van der Waals surface area contributed by atoms with Gasteiger partial charge in [-0.1, -0.05) is 23.2 Å². The standard InChI is InChI=1S/C11H9Cl2NOS/c12-7-3-8(11(15)9(13)4-7)10(14)6-1-2-16-5-6/h1-5,10,15H,14H2/t10-/m1/s1. The normalized spacial score (nSPS) is 12.7. The Morgan fingerprint density at radius 1 is 1.31 bits per heavy atom. The maximum absolute atomic E-state index is 9.82. The predicted octanol–water partition coefficient (Wildman–Crippen LogP) is 3.81. The van der Waals surface area contributed by atoms with Crippen LogP contribution in [0.1, 0.15) is 17.2 Å². The Morgan fingerprint density at radius 2 is 2.06 bits per heavy atom. The van der Waals surface area contributed by atoms with Gasteiger partial charge in [0, 0.05) is 10.6 Å². The van der Waals surface area contributed by atoms with Crippen molar-refractivity contribution in [3.05, 3.63) is 50.1 Å². The van der Waals surface area contributed by atoms with Crippen molar-refractivity contribution < 1.29 is 5.11 Å². The van der Waals surface area contributed by atoms with Gasteiger partial charge in [-0.25, -0.2) is 0 Å². The summed E-state index contributed by atoms with van der Waals surface area (Å²) in [6, 6.07) is 4.61. The second kappa shape index (κ2) is 4.63. The first-order chi connectivity index (χ1) is 7.59. The molecule has 0 saturated heterocycles. The highest BCUT2D eigenvalue weighted by Crippen LogP contribution is 2.36. The molecular formula is C11H9Cl2NOS. The summed E-state index contributed by atoms with van der Waals surface area (Å²) in [5, 5.41) is 14.4. The van der Waals surface area contributed by atoms with Crippen molar-refractivity contribution in [3.8, 4) is 5.75 Å². The van der Waals surface area contributed by atoms with Gasteiger partial charge in [0.05, 0.1) is 11.1 Å². The van der Waals surface area contributed by atoms with Gasteiger partial charge in [-0.3, -0.25) is 0 Å². The molecule has 0 amide bonds. The first kappa shape index (κ1) is 11.7. The average Bonchev–Trinajstić information content (AvgIpc) is 2.75. The van der Waals surface area contributed by atoms with Gasteiger partial charge in [-0.2, -0.15) is 11.3 Å². The van der Waals surface area contributed by atoms with Crippen molar-refractivity contribution in [3.63, 3.8) is 0 Å². The third-order valence-electron chi connectivity index (χ3n) is 2.30. The molecule has 84 valence electrons. The Hall–Kier alpha value is -0.740. The molecule has 0 bridgehead atoms. The zero-order valence-corrected chi connectivity index (χ0v) is 10.5. The Labute approximate surface area is 107 Å². The summed E-state index contributed by atoms with van der Waals surface area (Å²) in [7, 11) is 0. The summed E-state index contributed by atoms with van der Waals surface area (Å²) in [4.78, 5) is 0. The molecule has 0 saturated carbocycles. The molecule has 2 nitrogen and oxygen atoms in total. The van der Waals surface area contributed by atoms with E-state index in [1.54, 1.807) is 17.4 Å². The average molecular weight is 274 g/mol. The molecule has 1 atom stereocenters. The van der Waals surface area contributed by atoms with Crippen LogP contribution in [0.3, 0.4) is 0 Å². The molecule has 0 spiro atoms. The minimum absolute atomic E-state index is 0.00948. The highest BCUT2D eigenvalue weighted by molar-refractivity contribution is 7.08. The molecular weight excluding hydrogens is 265 g/mol. The van der Waals surface area contributed by atoms with Crippen molar-refractivity contribution in [1.29, 1.82) is 0 Å². The van der Waals surface area contributed by atoms with E-state index < -0.39 is 6.04 Å². The Kier molecular flexibility index (Phi) is 3.40. The number of rotatable bonds is 2. The minimum atomic E-state index is -0.414. The third kappa shape index (κ3) is 2.18. The van der Waals surface area contributed by atoms with E-state index in [4.69, 9.17) is 28.9 Å². The van der Waals surface area contributed by atoms with E-state index in [-0.39, 0.29) is 10.8 Å². The van der Waals surface area contributed by atoms with E-state index in [0.29, 0.717) is 10.6 Å². The van der Waals surface area contributed by atoms with Gasteiger partial charge >= 0.3 is 0 Å². The van der Waals surface area contributed by atoms with Gasteiger partial charge in [-0.15, -0.1) is 0 Å². The van der Waals surface area contributed by atoms with Crippen molar-refractivity contribution in [2.45, 2.75) is 6.04 Å². The van der Waals surface area contributed by atoms with Gasteiger partial charge in [0.15, 0.2) is 0 Å². The molecule has 0 aliphatic rings. The van der Waals surface area contributed by atoms with Crippen LogP contribution in [0, 0.1) is 0 Å². The van der Waals surface area contributed by atoms with Crippen molar-refractivity contribution >= 4 is 34.5 Å². The molecule has 1 aromatic carbocycles. The molecule has 1 aromatic heterocycles. The number of aromatic hydroxyl groups is 1. The molecule has 0 radical (unpaired) electrons. The smallest absolute Gasteiger partial charge is 0.139 e. The summed E-state index contributed by atoms with van der Waals surface area (Å²) in [6.07, 6.45) is 0. The first-order valence-electron chi connectivity index (χ1n) is 4.55. The van der Waals surface area contributed by atoms with Crippen LogP contribution in [0.15, 0.2) is 29.0 Å². The fourth-order valence-corrected chi connectivity index (χ4v) is 2.66. The number of thiophene rings is 1. The van der Waals surface area contributed by atoms with Crippen LogP contribution < -0.4 is 5.73 Å². The van der Waals surface area contributed by atoms with Gasteiger partial charge < -0.3 is 10.8 Å². The molecule has 2 rings (SSSR count). The molecule has 0 unspecified atom stereocenters. The van der Waals surface area contributed by atoms with Crippen molar-refractivity contribution in [1.82, 2.24) is 0 Å². The zero-order valence-electron chi connectivity index (χ0n) is 8.15. The number of hydrogen-bond donors (Lipinski definition) is 2. The molecule has 16 heavy (non-hydrogen) atoms. The first-order valence-corrected chi connectivity index (χ1v) is 6.25. The number of phenols is 1. The SMILES string of the molecule is N[C@H](c1ccsc1)c1cc(Cl)cc(Cl)c1O. The lowest BCUT2D eigenvalue weighted by atomic mass is 10.0. The zero-order chi connectivity index (χ0) is 11.7. The monoisotopic (exact) mass is 273 g/mol. The maximum Gasteiger partial charge on any atom is 0.139 e. The molecule has 2 aromatic rings. The molecule has 5 heteroatoms. The van der Waals surface area contributed by atoms with Gasteiger partial charge in [0.25, 0.3) is 0 Å².